The second-order valence-corrected chi connectivity index (χ2v) is 7.40. The first kappa shape index (κ1) is 15.6. The van der Waals surface area contributed by atoms with Gasteiger partial charge in [-0.3, -0.25) is 4.79 Å². The molecule has 1 aromatic rings. The molecule has 1 aromatic carbocycles. The minimum absolute atomic E-state index is 0.0586. The zero-order valence-electron chi connectivity index (χ0n) is 12.6. The molecule has 2 atom stereocenters. The fraction of sp³-hybridized carbons (Fsp3) is 0.588. The predicted octanol–water partition coefficient (Wildman–Crippen LogP) is 4.28. The van der Waals surface area contributed by atoms with E-state index in [4.69, 9.17) is 0 Å². The Hall–Kier alpha value is -0.830. The maximum atomic E-state index is 12.3. The van der Waals surface area contributed by atoms with Gasteiger partial charge in [0.05, 0.1) is 0 Å². The molecule has 2 nitrogen and oxygen atoms in total. The fourth-order valence-electron chi connectivity index (χ4n) is 2.78. The van der Waals surface area contributed by atoms with E-state index >= 15 is 0 Å². The van der Waals surface area contributed by atoms with Crippen LogP contribution in [0.2, 0.25) is 0 Å². The summed E-state index contributed by atoms with van der Waals surface area (Å²) < 4.78 is 0. The smallest absolute Gasteiger partial charge is 0.251 e. The second kappa shape index (κ2) is 6.30. The van der Waals surface area contributed by atoms with Crippen LogP contribution in [-0.2, 0) is 5.41 Å². The van der Waals surface area contributed by atoms with E-state index in [0.29, 0.717) is 12.0 Å². The summed E-state index contributed by atoms with van der Waals surface area (Å²) in [5, 5.41) is 4.16. The molecule has 1 amide bonds. The lowest BCUT2D eigenvalue weighted by atomic mass is 9.86. The molecule has 0 heterocycles. The highest BCUT2D eigenvalue weighted by Crippen LogP contribution is 2.27. The van der Waals surface area contributed by atoms with Crippen molar-refractivity contribution in [1.29, 1.82) is 0 Å². The van der Waals surface area contributed by atoms with E-state index in [1.807, 2.05) is 12.1 Å². The third-order valence-corrected chi connectivity index (χ3v) is 5.02. The summed E-state index contributed by atoms with van der Waals surface area (Å²) in [4.78, 5) is 12.3. The van der Waals surface area contributed by atoms with Crippen LogP contribution in [-0.4, -0.2) is 17.3 Å². The Bertz CT molecular complexity index is 461. The number of hydrogen-bond acceptors (Lipinski definition) is 1. The quantitative estimate of drug-likeness (QED) is 0.819. The van der Waals surface area contributed by atoms with E-state index in [9.17, 15) is 4.79 Å². The minimum atomic E-state index is 0.0586. The molecule has 1 fully saturated rings. The van der Waals surface area contributed by atoms with Crippen molar-refractivity contribution < 1.29 is 4.79 Å². The van der Waals surface area contributed by atoms with E-state index in [2.05, 4.69) is 54.2 Å². The molecule has 110 valence electrons. The first-order chi connectivity index (χ1) is 9.41. The number of rotatable bonds is 3. The molecule has 0 bridgehead atoms. The van der Waals surface area contributed by atoms with Gasteiger partial charge in [0.15, 0.2) is 0 Å². The van der Waals surface area contributed by atoms with Gasteiger partial charge in [0.25, 0.3) is 5.91 Å². The van der Waals surface area contributed by atoms with Gasteiger partial charge in [-0.05, 0) is 41.9 Å². The standard InChI is InChI=1S/C17H24BrNO/c1-17(2,3)14-9-7-12(8-10-14)16(20)19-15-6-4-5-13(15)11-18/h7-10,13,15H,4-6,11H2,1-3H3,(H,19,20). The highest BCUT2D eigenvalue weighted by molar-refractivity contribution is 9.09. The lowest BCUT2D eigenvalue weighted by molar-refractivity contribution is 0.0930. The predicted molar refractivity (Wildman–Crippen MR) is 87.5 cm³/mol. The highest BCUT2D eigenvalue weighted by Gasteiger charge is 2.27. The van der Waals surface area contributed by atoms with E-state index in [1.165, 1.54) is 18.4 Å². The van der Waals surface area contributed by atoms with Gasteiger partial charge >= 0.3 is 0 Å². The summed E-state index contributed by atoms with van der Waals surface area (Å²) in [5.74, 6) is 0.635. The molecule has 3 heteroatoms. The van der Waals surface area contributed by atoms with Gasteiger partial charge in [-0.25, -0.2) is 0 Å². The van der Waals surface area contributed by atoms with Gasteiger partial charge in [0.2, 0.25) is 0 Å². The molecule has 0 aliphatic heterocycles. The number of carbonyl (C=O) groups is 1. The van der Waals surface area contributed by atoms with Crippen molar-refractivity contribution in [3.8, 4) is 0 Å². The average Bonchev–Trinajstić information content (AvgIpc) is 2.85. The van der Waals surface area contributed by atoms with Crippen LogP contribution in [0.3, 0.4) is 0 Å². The summed E-state index contributed by atoms with van der Waals surface area (Å²) in [5.41, 5.74) is 2.15. The molecule has 0 radical (unpaired) electrons. The monoisotopic (exact) mass is 337 g/mol. The molecule has 1 N–H and O–H groups in total. The van der Waals surface area contributed by atoms with E-state index in [0.717, 1.165) is 17.3 Å². The van der Waals surface area contributed by atoms with Crippen LogP contribution in [0.15, 0.2) is 24.3 Å². The largest absolute Gasteiger partial charge is 0.349 e. The van der Waals surface area contributed by atoms with Gasteiger partial charge in [-0.2, -0.15) is 0 Å². The number of hydrogen-bond donors (Lipinski definition) is 1. The van der Waals surface area contributed by atoms with Crippen molar-refractivity contribution in [2.45, 2.75) is 51.5 Å². The minimum Gasteiger partial charge on any atom is -0.349 e. The van der Waals surface area contributed by atoms with Crippen LogP contribution in [0.1, 0.15) is 56.0 Å². The maximum absolute atomic E-state index is 12.3. The molecular formula is C17H24BrNO. The number of carbonyl (C=O) groups excluding carboxylic acids is 1. The number of halogens is 1. The molecule has 20 heavy (non-hydrogen) atoms. The van der Waals surface area contributed by atoms with Crippen molar-refractivity contribution >= 4 is 21.8 Å². The number of alkyl halides is 1. The zero-order chi connectivity index (χ0) is 14.8. The lowest BCUT2D eigenvalue weighted by Gasteiger charge is -2.21. The molecule has 1 aliphatic carbocycles. The van der Waals surface area contributed by atoms with Gasteiger partial charge in [-0.1, -0.05) is 55.3 Å². The Balaban J connectivity index is 2.02. The van der Waals surface area contributed by atoms with Crippen LogP contribution in [0.25, 0.3) is 0 Å². The van der Waals surface area contributed by atoms with Gasteiger partial charge in [0.1, 0.15) is 0 Å². The number of nitrogens with one attached hydrogen (secondary N) is 1. The van der Waals surface area contributed by atoms with Gasteiger partial charge in [-0.15, -0.1) is 0 Å². The summed E-state index contributed by atoms with van der Waals surface area (Å²) in [6.07, 6.45) is 3.52. The van der Waals surface area contributed by atoms with Crippen LogP contribution >= 0.6 is 15.9 Å². The Kier molecular flexibility index (Phi) is 4.90. The highest BCUT2D eigenvalue weighted by atomic mass is 79.9. The van der Waals surface area contributed by atoms with Crippen molar-refractivity contribution in [1.82, 2.24) is 5.32 Å². The number of benzene rings is 1. The summed E-state index contributed by atoms with van der Waals surface area (Å²) in [6.45, 7) is 6.55. The Morgan fingerprint density at radius 3 is 2.45 bits per heavy atom. The molecule has 0 spiro atoms. The van der Waals surface area contributed by atoms with Crippen molar-refractivity contribution in [3.63, 3.8) is 0 Å². The van der Waals surface area contributed by atoms with E-state index < -0.39 is 0 Å². The lowest BCUT2D eigenvalue weighted by Crippen LogP contribution is -2.37. The van der Waals surface area contributed by atoms with Crippen LogP contribution in [0, 0.1) is 5.92 Å². The molecule has 0 aromatic heterocycles. The topological polar surface area (TPSA) is 29.1 Å². The van der Waals surface area contributed by atoms with Gasteiger partial charge in [0, 0.05) is 16.9 Å². The van der Waals surface area contributed by atoms with Crippen molar-refractivity contribution in [2.75, 3.05) is 5.33 Å². The first-order valence-corrected chi connectivity index (χ1v) is 8.51. The maximum Gasteiger partial charge on any atom is 0.251 e. The van der Waals surface area contributed by atoms with E-state index in [-0.39, 0.29) is 11.3 Å². The summed E-state index contributed by atoms with van der Waals surface area (Å²) in [7, 11) is 0. The molecular weight excluding hydrogens is 314 g/mol. The van der Waals surface area contributed by atoms with Crippen molar-refractivity contribution in [2.24, 2.45) is 5.92 Å². The number of amides is 1. The molecule has 1 saturated carbocycles. The zero-order valence-corrected chi connectivity index (χ0v) is 14.2. The first-order valence-electron chi connectivity index (χ1n) is 7.39. The summed E-state index contributed by atoms with van der Waals surface area (Å²) >= 11 is 3.54. The normalized spacial score (nSPS) is 22.8. The Morgan fingerprint density at radius 1 is 1.25 bits per heavy atom. The third kappa shape index (κ3) is 3.63. The molecule has 2 unspecified atom stereocenters. The second-order valence-electron chi connectivity index (χ2n) is 6.75. The van der Waals surface area contributed by atoms with Gasteiger partial charge < -0.3 is 5.32 Å². The van der Waals surface area contributed by atoms with E-state index in [1.54, 1.807) is 0 Å². The summed E-state index contributed by atoms with van der Waals surface area (Å²) in [6, 6.07) is 8.32. The van der Waals surface area contributed by atoms with Crippen LogP contribution < -0.4 is 5.32 Å². The SMILES string of the molecule is CC(C)(C)c1ccc(C(=O)NC2CCCC2CBr)cc1. The Labute approximate surface area is 130 Å². The van der Waals surface area contributed by atoms with Crippen molar-refractivity contribution in [3.05, 3.63) is 35.4 Å². The Morgan fingerprint density at radius 2 is 1.90 bits per heavy atom. The fourth-order valence-corrected chi connectivity index (χ4v) is 3.56. The molecule has 2 rings (SSSR count). The third-order valence-electron chi connectivity index (χ3n) is 4.19. The van der Waals surface area contributed by atoms with Crippen LogP contribution in [0.5, 0.6) is 0 Å². The molecule has 0 saturated heterocycles. The van der Waals surface area contributed by atoms with Crippen LogP contribution in [0.4, 0.5) is 0 Å². The molecule has 1 aliphatic rings. The average molecular weight is 338 g/mol.